The first kappa shape index (κ1) is 8.73. The number of carboxylic acids is 1. The van der Waals surface area contributed by atoms with E-state index >= 15 is 0 Å². The van der Waals surface area contributed by atoms with Crippen molar-refractivity contribution < 1.29 is 9.90 Å². The van der Waals surface area contributed by atoms with Crippen LogP contribution in [0.25, 0.3) is 0 Å². The fraction of sp³-hybridized carbons (Fsp3) is 0.429. The first-order valence-electron chi connectivity index (χ1n) is 3.58. The highest BCUT2D eigenvalue weighted by Crippen LogP contribution is 1.98. The van der Waals surface area contributed by atoms with E-state index in [4.69, 9.17) is 10.8 Å². The van der Waals surface area contributed by atoms with Gasteiger partial charge in [-0.25, -0.2) is 4.98 Å². The van der Waals surface area contributed by atoms with E-state index in [0.717, 1.165) is 11.5 Å². The first-order chi connectivity index (χ1) is 5.59. The number of aromatic amines is 1. The molecule has 0 saturated heterocycles. The van der Waals surface area contributed by atoms with Crippen LogP contribution in [0.2, 0.25) is 0 Å². The zero-order valence-corrected chi connectivity index (χ0v) is 6.74. The van der Waals surface area contributed by atoms with E-state index in [9.17, 15) is 4.79 Å². The van der Waals surface area contributed by atoms with Crippen molar-refractivity contribution in [3.8, 4) is 0 Å². The number of nitrogens with zero attached hydrogens (tertiary/aromatic N) is 1. The van der Waals surface area contributed by atoms with Crippen molar-refractivity contribution in [3.05, 3.63) is 17.7 Å². The number of aliphatic carboxylic acids is 1. The van der Waals surface area contributed by atoms with Crippen LogP contribution < -0.4 is 5.73 Å². The summed E-state index contributed by atoms with van der Waals surface area (Å²) in [6, 6.07) is -0.857. The van der Waals surface area contributed by atoms with Gasteiger partial charge >= 0.3 is 5.97 Å². The van der Waals surface area contributed by atoms with Crippen molar-refractivity contribution in [2.45, 2.75) is 19.4 Å². The lowest BCUT2D eigenvalue weighted by Crippen LogP contribution is -2.32. The van der Waals surface area contributed by atoms with E-state index in [2.05, 4.69) is 9.97 Å². The normalized spacial score (nSPS) is 12.8. The standard InChI is InChI=1S/C7H11N3O2/c1-4-9-3-5(10-4)2-6(8)7(11)12/h3,6H,2,8H2,1H3,(H,9,10)(H,11,12)/t6-/m1/s1. The summed E-state index contributed by atoms with van der Waals surface area (Å²) in [6.45, 7) is 1.80. The molecule has 0 aliphatic heterocycles. The molecule has 1 heterocycles. The van der Waals surface area contributed by atoms with E-state index in [1.54, 1.807) is 13.1 Å². The molecule has 1 aromatic rings. The van der Waals surface area contributed by atoms with Gasteiger partial charge in [0.2, 0.25) is 0 Å². The third-order valence-electron chi connectivity index (χ3n) is 1.51. The van der Waals surface area contributed by atoms with Gasteiger partial charge in [0.25, 0.3) is 0 Å². The molecule has 0 radical (unpaired) electrons. The van der Waals surface area contributed by atoms with Gasteiger partial charge in [0, 0.05) is 18.3 Å². The molecule has 0 saturated carbocycles. The second kappa shape index (κ2) is 3.36. The van der Waals surface area contributed by atoms with Crippen LogP contribution in [0.5, 0.6) is 0 Å². The molecule has 66 valence electrons. The summed E-state index contributed by atoms with van der Waals surface area (Å²) in [5.74, 6) is -0.232. The fourth-order valence-electron chi connectivity index (χ4n) is 0.900. The molecule has 1 aromatic heterocycles. The maximum absolute atomic E-state index is 10.4. The quantitative estimate of drug-likeness (QED) is 0.577. The summed E-state index contributed by atoms with van der Waals surface area (Å²) in [5.41, 5.74) is 6.06. The Hall–Kier alpha value is -1.36. The summed E-state index contributed by atoms with van der Waals surface area (Å²) in [6.07, 6.45) is 1.88. The van der Waals surface area contributed by atoms with Gasteiger partial charge in [0.15, 0.2) is 0 Å². The summed E-state index contributed by atoms with van der Waals surface area (Å²) >= 11 is 0. The van der Waals surface area contributed by atoms with Crippen LogP contribution in [0.4, 0.5) is 0 Å². The summed E-state index contributed by atoms with van der Waals surface area (Å²) < 4.78 is 0. The van der Waals surface area contributed by atoms with E-state index in [1.165, 1.54) is 0 Å². The number of nitrogens with two attached hydrogens (primary N) is 1. The highest BCUT2D eigenvalue weighted by Gasteiger charge is 2.12. The number of imidazole rings is 1. The first-order valence-corrected chi connectivity index (χ1v) is 3.58. The second-order valence-corrected chi connectivity index (χ2v) is 2.64. The monoisotopic (exact) mass is 169 g/mol. The molecule has 0 aromatic carbocycles. The van der Waals surface area contributed by atoms with Crippen LogP contribution in [0, 0.1) is 6.92 Å². The number of aryl methyl sites for hydroxylation is 1. The lowest BCUT2D eigenvalue weighted by Gasteiger charge is -2.02. The number of aromatic nitrogens is 2. The largest absolute Gasteiger partial charge is 0.480 e. The Morgan fingerprint density at radius 1 is 1.92 bits per heavy atom. The number of hydrogen-bond acceptors (Lipinski definition) is 3. The molecule has 5 heteroatoms. The maximum atomic E-state index is 10.4. The maximum Gasteiger partial charge on any atom is 0.320 e. The highest BCUT2D eigenvalue weighted by atomic mass is 16.4. The van der Waals surface area contributed by atoms with Crippen molar-refractivity contribution >= 4 is 5.97 Å². The van der Waals surface area contributed by atoms with Crippen molar-refractivity contribution in [2.24, 2.45) is 5.73 Å². The van der Waals surface area contributed by atoms with Crippen molar-refractivity contribution in [1.82, 2.24) is 9.97 Å². The lowest BCUT2D eigenvalue weighted by atomic mass is 10.2. The molecule has 5 nitrogen and oxygen atoms in total. The zero-order valence-electron chi connectivity index (χ0n) is 6.74. The van der Waals surface area contributed by atoms with E-state index in [-0.39, 0.29) is 6.42 Å². The van der Waals surface area contributed by atoms with Crippen molar-refractivity contribution in [1.29, 1.82) is 0 Å². The average Bonchev–Trinajstić information content (AvgIpc) is 2.35. The predicted octanol–water partition coefficient (Wildman–Crippen LogP) is -0.327. The van der Waals surface area contributed by atoms with Crippen LogP contribution in [0.15, 0.2) is 6.20 Å². The molecule has 0 aliphatic carbocycles. The fourth-order valence-corrected chi connectivity index (χ4v) is 0.900. The van der Waals surface area contributed by atoms with Crippen LogP contribution in [-0.4, -0.2) is 27.1 Å². The molecule has 12 heavy (non-hydrogen) atoms. The van der Waals surface area contributed by atoms with Crippen molar-refractivity contribution in [3.63, 3.8) is 0 Å². The van der Waals surface area contributed by atoms with Crippen molar-refractivity contribution in [2.75, 3.05) is 0 Å². The number of hydrogen-bond donors (Lipinski definition) is 3. The molecule has 1 atom stereocenters. The molecule has 0 fully saturated rings. The molecular formula is C7H11N3O2. The van der Waals surface area contributed by atoms with Gasteiger partial charge in [0.05, 0.1) is 0 Å². The number of carbonyl (C=O) groups is 1. The molecule has 4 N–H and O–H groups in total. The van der Waals surface area contributed by atoms with Gasteiger partial charge in [-0.3, -0.25) is 4.79 Å². The lowest BCUT2D eigenvalue weighted by molar-refractivity contribution is -0.138. The summed E-state index contributed by atoms with van der Waals surface area (Å²) in [4.78, 5) is 17.2. The third-order valence-corrected chi connectivity index (χ3v) is 1.51. The second-order valence-electron chi connectivity index (χ2n) is 2.64. The molecule has 0 bridgehead atoms. The van der Waals surface area contributed by atoms with E-state index in [1.807, 2.05) is 0 Å². The van der Waals surface area contributed by atoms with E-state index in [0.29, 0.717) is 0 Å². The predicted molar refractivity (Wildman–Crippen MR) is 42.6 cm³/mol. The topological polar surface area (TPSA) is 92.0 Å². The third kappa shape index (κ3) is 2.06. The number of nitrogens with one attached hydrogen (secondary N) is 1. The van der Waals surface area contributed by atoms with Gasteiger partial charge in [-0.15, -0.1) is 0 Å². The van der Waals surface area contributed by atoms with E-state index < -0.39 is 12.0 Å². The van der Waals surface area contributed by atoms with Gasteiger partial charge < -0.3 is 15.8 Å². The average molecular weight is 169 g/mol. The SMILES string of the molecule is Cc1ncc(C[C@@H](N)C(=O)O)[nH]1. The number of carboxylic acid groups (broad SMARTS) is 1. The highest BCUT2D eigenvalue weighted by molar-refractivity contribution is 5.73. The van der Waals surface area contributed by atoms with Crippen LogP contribution >= 0.6 is 0 Å². The smallest absolute Gasteiger partial charge is 0.320 e. The minimum Gasteiger partial charge on any atom is -0.480 e. The molecular weight excluding hydrogens is 158 g/mol. The minimum atomic E-state index is -0.998. The number of H-pyrrole nitrogens is 1. The van der Waals surface area contributed by atoms with Crippen LogP contribution in [0.3, 0.4) is 0 Å². The van der Waals surface area contributed by atoms with Gasteiger partial charge in [0.1, 0.15) is 11.9 Å². The Kier molecular flexibility index (Phi) is 2.44. The Morgan fingerprint density at radius 2 is 2.58 bits per heavy atom. The Morgan fingerprint density at radius 3 is 3.00 bits per heavy atom. The molecule has 0 amide bonds. The van der Waals surface area contributed by atoms with Crippen LogP contribution in [0.1, 0.15) is 11.5 Å². The summed E-state index contributed by atoms with van der Waals surface area (Å²) in [5, 5.41) is 8.49. The molecule has 0 unspecified atom stereocenters. The molecule has 0 aliphatic rings. The van der Waals surface area contributed by atoms with Gasteiger partial charge in [-0.2, -0.15) is 0 Å². The molecule has 0 spiro atoms. The van der Waals surface area contributed by atoms with Crippen LogP contribution in [-0.2, 0) is 11.2 Å². The Balaban J connectivity index is 2.58. The minimum absolute atomic E-state index is 0.288. The van der Waals surface area contributed by atoms with Gasteiger partial charge in [-0.05, 0) is 6.92 Å². The summed E-state index contributed by atoms with van der Waals surface area (Å²) in [7, 11) is 0. The van der Waals surface area contributed by atoms with Gasteiger partial charge in [-0.1, -0.05) is 0 Å². The Labute approximate surface area is 69.6 Å². The molecule has 1 rings (SSSR count). The number of rotatable bonds is 3. The Bertz CT molecular complexity index is 282. The zero-order chi connectivity index (χ0) is 9.14.